The van der Waals surface area contributed by atoms with Gasteiger partial charge in [0.15, 0.2) is 0 Å². The van der Waals surface area contributed by atoms with Gasteiger partial charge in [0, 0.05) is 17.3 Å². The maximum Gasteiger partial charge on any atom is 0.251 e. The summed E-state index contributed by atoms with van der Waals surface area (Å²) in [6.07, 6.45) is 0.760. The van der Waals surface area contributed by atoms with Crippen molar-refractivity contribution in [3.63, 3.8) is 0 Å². The van der Waals surface area contributed by atoms with Crippen LogP contribution in [-0.2, 0) is 0 Å². The Balaban J connectivity index is 1.92. The van der Waals surface area contributed by atoms with Gasteiger partial charge in [0.2, 0.25) is 0 Å². The first-order valence-corrected chi connectivity index (χ1v) is 8.04. The van der Waals surface area contributed by atoms with Crippen LogP contribution in [0.3, 0.4) is 0 Å². The third kappa shape index (κ3) is 5.16. The van der Waals surface area contributed by atoms with Gasteiger partial charge in [-0.3, -0.25) is 4.79 Å². The molecule has 2 atom stereocenters. The SMILES string of the molecule is C=C(N)C(C)C[C@@H](C)NC(=O)c1ccc(Oc2ccccc2)cc1. The van der Waals surface area contributed by atoms with Crippen molar-refractivity contribution in [2.45, 2.75) is 26.3 Å². The zero-order valence-electron chi connectivity index (χ0n) is 14.2. The maximum absolute atomic E-state index is 12.3. The van der Waals surface area contributed by atoms with E-state index in [1.54, 1.807) is 24.3 Å². The highest BCUT2D eigenvalue weighted by atomic mass is 16.5. The number of hydrogen-bond donors (Lipinski definition) is 2. The molecule has 0 saturated carbocycles. The molecule has 1 unspecified atom stereocenters. The Kier molecular flexibility index (Phi) is 6.01. The predicted molar refractivity (Wildman–Crippen MR) is 97.0 cm³/mol. The van der Waals surface area contributed by atoms with Gasteiger partial charge in [-0.25, -0.2) is 0 Å². The zero-order valence-corrected chi connectivity index (χ0v) is 14.2. The van der Waals surface area contributed by atoms with Crippen LogP contribution < -0.4 is 15.8 Å². The molecule has 0 saturated heterocycles. The summed E-state index contributed by atoms with van der Waals surface area (Å²) >= 11 is 0. The molecule has 126 valence electrons. The van der Waals surface area contributed by atoms with Crippen molar-refractivity contribution in [3.8, 4) is 11.5 Å². The lowest BCUT2D eigenvalue weighted by Gasteiger charge is -2.18. The minimum absolute atomic E-state index is 0.0213. The van der Waals surface area contributed by atoms with Crippen molar-refractivity contribution in [2.75, 3.05) is 0 Å². The van der Waals surface area contributed by atoms with Gasteiger partial charge in [-0.2, -0.15) is 0 Å². The maximum atomic E-state index is 12.3. The van der Waals surface area contributed by atoms with Crippen LogP contribution in [0.4, 0.5) is 0 Å². The van der Waals surface area contributed by atoms with E-state index >= 15 is 0 Å². The number of amides is 1. The van der Waals surface area contributed by atoms with Crippen molar-refractivity contribution in [3.05, 3.63) is 72.4 Å². The number of rotatable bonds is 7. The lowest BCUT2D eigenvalue weighted by molar-refractivity contribution is 0.0936. The normalized spacial score (nSPS) is 12.9. The summed E-state index contributed by atoms with van der Waals surface area (Å²) in [5.41, 5.74) is 6.92. The highest BCUT2D eigenvalue weighted by Crippen LogP contribution is 2.21. The number of ether oxygens (including phenoxy) is 1. The number of benzene rings is 2. The minimum atomic E-state index is -0.108. The molecule has 0 aliphatic carbocycles. The van der Waals surface area contributed by atoms with E-state index < -0.39 is 0 Å². The number of carbonyl (C=O) groups excluding carboxylic acids is 1. The molecule has 0 aromatic heterocycles. The number of nitrogens with two attached hydrogens (primary N) is 1. The van der Waals surface area contributed by atoms with Crippen LogP contribution in [0.1, 0.15) is 30.6 Å². The fourth-order valence-electron chi connectivity index (χ4n) is 2.35. The number of nitrogens with one attached hydrogen (secondary N) is 1. The molecule has 24 heavy (non-hydrogen) atoms. The van der Waals surface area contributed by atoms with E-state index in [-0.39, 0.29) is 17.9 Å². The summed E-state index contributed by atoms with van der Waals surface area (Å²) in [4.78, 5) is 12.3. The van der Waals surface area contributed by atoms with Gasteiger partial charge in [0.25, 0.3) is 5.91 Å². The van der Waals surface area contributed by atoms with Gasteiger partial charge in [0.05, 0.1) is 0 Å². The quantitative estimate of drug-likeness (QED) is 0.806. The molecule has 0 bridgehead atoms. The summed E-state index contributed by atoms with van der Waals surface area (Å²) in [5, 5.41) is 2.97. The van der Waals surface area contributed by atoms with Crippen molar-refractivity contribution in [2.24, 2.45) is 11.7 Å². The molecular weight excluding hydrogens is 300 g/mol. The van der Waals surface area contributed by atoms with E-state index in [1.165, 1.54) is 0 Å². The second-order valence-electron chi connectivity index (χ2n) is 6.03. The van der Waals surface area contributed by atoms with Crippen molar-refractivity contribution >= 4 is 5.91 Å². The van der Waals surface area contributed by atoms with Crippen LogP contribution >= 0.6 is 0 Å². The predicted octanol–water partition coefficient (Wildman–Crippen LogP) is 4.10. The van der Waals surface area contributed by atoms with Crippen molar-refractivity contribution < 1.29 is 9.53 Å². The summed E-state index contributed by atoms with van der Waals surface area (Å²) < 4.78 is 5.72. The largest absolute Gasteiger partial charge is 0.457 e. The van der Waals surface area contributed by atoms with E-state index in [4.69, 9.17) is 10.5 Å². The number of para-hydroxylation sites is 1. The molecule has 2 aromatic rings. The van der Waals surface area contributed by atoms with Crippen molar-refractivity contribution in [1.82, 2.24) is 5.32 Å². The molecule has 4 heteroatoms. The van der Waals surface area contributed by atoms with Gasteiger partial charge in [0.1, 0.15) is 11.5 Å². The molecule has 2 rings (SSSR count). The molecular formula is C20H24N2O2. The number of carbonyl (C=O) groups is 1. The second kappa shape index (κ2) is 8.20. The molecule has 2 aromatic carbocycles. The molecule has 1 amide bonds. The Morgan fingerprint density at radius 2 is 1.67 bits per heavy atom. The van der Waals surface area contributed by atoms with E-state index in [1.807, 2.05) is 44.2 Å². The zero-order chi connectivity index (χ0) is 17.5. The number of allylic oxidation sites excluding steroid dienone is 1. The Morgan fingerprint density at radius 1 is 1.08 bits per heavy atom. The molecule has 3 N–H and O–H groups in total. The molecule has 0 heterocycles. The third-order valence-electron chi connectivity index (χ3n) is 3.81. The smallest absolute Gasteiger partial charge is 0.251 e. The van der Waals surface area contributed by atoms with Gasteiger partial charge >= 0.3 is 0 Å². The summed E-state index contributed by atoms with van der Waals surface area (Å²) in [6, 6.07) is 16.6. The summed E-state index contributed by atoms with van der Waals surface area (Å²) in [6.45, 7) is 7.70. The Morgan fingerprint density at radius 3 is 2.25 bits per heavy atom. The standard InChI is InChI=1S/C20H24N2O2/c1-14(16(3)21)13-15(2)22-20(23)17-9-11-19(12-10-17)24-18-7-5-4-6-8-18/h4-12,14-15H,3,13,21H2,1-2H3,(H,22,23)/t14?,15-/m1/s1. The molecule has 0 fully saturated rings. The average molecular weight is 324 g/mol. The third-order valence-corrected chi connectivity index (χ3v) is 3.81. The number of hydrogen-bond acceptors (Lipinski definition) is 3. The van der Waals surface area contributed by atoms with Crippen LogP contribution in [0.15, 0.2) is 66.9 Å². The van der Waals surface area contributed by atoms with Crippen LogP contribution in [0.5, 0.6) is 11.5 Å². The first-order chi connectivity index (χ1) is 11.5. The van der Waals surface area contributed by atoms with Gasteiger partial charge < -0.3 is 15.8 Å². The highest BCUT2D eigenvalue weighted by molar-refractivity contribution is 5.94. The Labute approximate surface area is 143 Å². The van der Waals surface area contributed by atoms with Crippen molar-refractivity contribution in [1.29, 1.82) is 0 Å². The minimum Gasteiger partial charge on any atom is -0.457 e. The summed E-state index contributed by atoms with van der Waals surface area (Å²) in [7, 11) is 0. The Hall–Kier alpha value is -2.75. The molecule has 4 nitrogen and oxygen atoms in total. The van der Waals surface area contributed by atoms with Gasteiger partial charge in [-0.1, -0.05) is 31.7 Å². The Bertz CT molecular complexity index is 681. The lowest BCUT2D eigenvalue weighted by Crippen LogP contribution is -2.34. The molecule has 0 aliphatic heterocycles. The average Bonchev–Trinajstić information content (AvgIpc) is 2.56. The van der Waals surface area contributed by atoms with Crippen LogP contribution in [0.2, 0.25) is 0 Å². The molecule has 0 radical (unpaired) electrons. The fraction of sp³-hybridized carbons (Fsp3) is 0.250. The molecule has 0 aliphatic rings. The first kappa shape index (κ1) is 17.6. The lowest BCUT2D eigenvalue weighted by atomic mass is 10.00. The van der Waals surface area contributed by atoms with Gasteiger partial charge in [-0.15, -0.1) is 0 Å². The first-order valence-electron chi connectivity index (χ1n) is 8.04. The van der Waals surface area contributed by atoms with E-state index in [0.29, 0.717) is 17.0 Å². The summed E-state index contributed by atoms with van der Waals surface area (Å²) in [5.74, 6) is 1.52. The van der Waals surface area contributed by atoms with Crippen LogP contribution in [0.25, 0.3) is 0 Å². The van der Waals surface area contributed by atoms with Crippen LogP contribution in [0, 0.1) is 5.92 Å². The topological polar surface area (TPSA) is 64.3 Å². The van der Waals surface area contributed by atoms with E-state index in [0.717, 1.165) is 12.2 Å². The monoisotopic (exact) mass is 324 g/mol. The highest BCUT2D eigenvalue weighted by Gasteiger charge is 2.13. The van der Waals surface area contributed by atoms with Gasteiger partial charge in [-0.05, 0) is 55.7 Å². The van der Waals surface area contributed by atoms with E-state index in [2.05, 4.69) is 11.9 Å². The molecule has 0 spiro atoms. The second-order valence-corrected chi connectivity index (χ2v) is 6.03. The fourth-order valence-corrected chi connectivity index (χ4v) is 2.35. The van der Waals surface area contributed by atoms with E-state index in [9.17, 15) is 4.79 Å². The van der Waals surface area contributed by atoms with Crippen LogP contribution in [-0.4, -0.2) is 11.9 Å².